The van der Waals surface area contributed by atoms with Crippen molar-refractivity contribution in [3.63, 3.8) is 0 Å². The fourth-order valence-electron chi connectivity index (χ4n) is 3.70. The second-order valence-corrected chi connectivity index (χ2v) is 11.1. The van der Waals surface area contributed by atoms with E-state index in [1.165, 1.54) is 70.6 Å². The van der Waals surface area contributed by atoms with Crippen LogP contribution in [0.4, 0.5) is 11.4 Å². The van der Waals surface area contributed by atoms with Gasteiger partial charge in [0.2, 0.25) is 0 Å². The molecule has 0 aliphatic rings. The molecule has 0 saturated carbocycles. The number of nitrogens with two attached hydrogens (primary N) is 2. The zero-order chi connectivity index (χ0) is 34.0. The minimum atomic E-state index is -0.654. The number of anilines is 2. The minimum absolute atomic E-state index is 0.167. The van der Waals surface area contributed by atoms with Crippen molar-refractivity contribution in [2.75, 3.05) is 11.5 Å². The normalized spacial score (nSPS) is 9.66. The van der Waals surface area contributed by atoms with Crippen LogP contribution >= 0.6 is 0 Å². The average molecular weight is 649 g/mol. The number of aliphatic hydroxyl groups is 1. The van der Waals surface area contributed by atoms with E-state index in [1.807, 2.05) is 0 Å². The van der Waals surface area contributed by atoms with Gasteiger partial charge in [0.25, 0.3) is 0 Å². The fraction of sp³-hybridized carbons (Fsp3) is 0.571. The standard InChI is InChI=1S/C18H36O2.2C7H6NO.C3H8O.O.Ti/c1-17(2)15-13-11-9-7-5-3-4-6-8-10-12-14-16-18(19)20;2*8-7-3-1-6(5-9)2-4-7;1-3(2)4;;/h17H,3-16H2,1-2H3,(H,19,20);2*1-4H,8H2;3-4H,1-2H3;;/q;2*-1;;;+2. The Hall–Kier alpha value is -2.68. The molecule has 44 heavy (non-hydrogen) atoms. The van der Waals surface area contributed by atoms with E-state index in [1.54, 1.807) is 75.0 Å². The Bertz CT molecular complexity index is 870. The molecule has 0 fully saturated rings. The number of hydrogen-bond donors (Lipinski definition) is 4. The first-order valence-corrected chi connectivity index (χ1v) is 16.2. The molecule has 0 amide bonds. The zero-order valence-electron chi connectivity index (χ0n) is 27.4. The molecule has 0 saturated heterocycles. The monoisotopic (exact) mass is 648 g/mol. The fourth-order valence-corrected chi connectivity index (χ4v) is 3.70. The van der Waals surface area contributed by atoms with Gasteiger partial charge in [-0.05, 0) is 26.2 Å². The molecule has 0 aliphatic heterocycles. The molecule has 0 spiro atoms. The first-order chi connectivity index (χ1) is 21.0. The predicted molar refractivity (Wildman–Crippen MR) is 176 cm³/mol. The number of rotatable bonds is 17. The topological polar surface area (TPSA) is 161 Å². The van der Waals surface area contributed by atoms with Gasteiger partial charge in [-0.25, -0.2) is 0 Å². The van der Waals surface area contributed by atoms with Crippen molar-refractivity contribution < 1.29 is 48.3 Å². The van der Waals surface area contributed by atoms with E-state index in [4.69, 9.17) is 25.0 Å². The van der Waals surface area contributed by atoms with Gasteiger partial charge in [0.1, 0.15) is 0 Å². The zero-order valence-corrected chi connectivity index (χ0v) is 28.9. The molecule has 0 aromatic heterocycles. The Balaban J connectivity index is -0.000000576. The number of carbonyl (C=O) groups is 1. The van der Waals surface area contributed by atoms with Gasteiger partial charge in [-0.2, -0.15) is 35.4 Å². The molecule has 2 aromatic carbocycles. The van der Waals surface area contributed by atoms with Gasteiger partial charge in [0.05, 0.1) is 12.6 Å². The van der Waals surface area contributed by atoms with E-state index in [-0.39, 0.29) is 6.10 Å². The van der Waals surface area contributed by atoms with Crippen LogP contribution in [0, 0.1) is 5.92 Å². The van der Waals surface area contributed by atoms with Crippen molar-refractivity contribution >= 4 is 29.9 Å². The van der Waals surface area contributed by atoms with Crippen LogP contribution in [-0.4, -0.2) is 34.9 Å². The molecule has 9 heteroatoms. The number of hydrogen-bond acceptors (Lipinski definition) is 7. The van der Waals surface area contributed by atoms with Crippen LogP contribution in [0.15, 0.2) is 48.5 Å². The second-order valence-electron chi connectivity index (χ2n) is 11.1. The summed E-state index contributed by atoms with van der Waals surface area (Å²) in [6.45, 7) is 8.06. The van der Waals surface area contributed by atoms with Crippen LogP contribution in [0.5, 0.6) is 0 Å². The Morgan fingerprint density at radius 3 is 1.16 bits per heavy atom. The first kappa shape index (κ1) is 45.7. The summed E-state index contributed by atoms with van der Waals surface area (Å²) >= 11 is 0.750. The van der Waals surface area contributed by atoms with E-state index >= 15 is 0 Å². The third-order valence-electron chi connectivity index (χ3n) is 5.98. The van der Waals surface area contributed by atoms with Crippen LogP contribution in [0.3, 0.4) is 0 Å². The molecule has 246 valence electrons. The number of unbranched alkanes of at least 4 members (excludes halogenated alkanes) is 11. The summed E-state index contributed by atoms with van der Waals surface area (Å²) in [4.78, 5) is 30.2. The summed E-state index contributed by atoms with van der Waals surface area (Å²) in [6, 6.07) is 13.2. The molecule has 0 aliphatic carbocycles. The summed E-state index contributed by atoms with van der Waals surface area (Å²) in [5.74, 6) is 0.212. The van der Waals surface area contributed by atoms with Crippen molar-refractivity contribution in [2.24, 2.45) is 5.92 Å². The molecule has 2 rings (SSSR count). The molecule has 0 unspecified atom stereocenters. The number of carbonyl (C=O) groups excluding carboxylic acids is 2. The maximum atomic E-state index is 10.3. The molecule has 0 bridgehead atoms. The maximum absolute atomic E-state index is 10.3. The summed E-state index contributed by atoms with van der Waals surface area (Å²) in [7, 11) is 0. The first-order valence-electron chi connectivity index (χ1n) is 15.6. The molecule has 0 radical (unpaired) electrons. The quantitative estimate of drug-likeness (QED) is 0.0582. The van der Waals surface area contributed by atoms with Crippen molar-refractivity contribution in [2.45, 2.75) is 124 Å². The van der Waals surface area contributed by atoms with Gasteiger partial charge < -0.3 is 31.3 Å². The van der Waals surface area contributed by atoms with Crippen molar-refractivity contribution in [1.82, 2.24) is 0 Å². The van der Waals surface area contributed by atoms with Gasteiger partial charge in [0, 0.05) is 23.9 Å². The van der Waals surface area contributed by atoms with Gasteiger partial charge in [-0.1, -0.05) is 115 Å². The SMILES string of the molecule is CC(C)CCCCCCCCCCCCCCC(=O)O.CC(C)O.Nc1ccc([C-]=O)cc1.Nc1ccc([C-]=O)cc1.[O]=[Ti+2]. The van der Waals surface area contributed by atoms with Crippen LogP contribution < -0.4 is 11.5 Å². The molecule has 0 heterocycles. The molecule has 8 nitrogen and oxygen atoms in total. The van der Waals surface area contributed by atoms with Crippen molar-refractivity contribution in [3.05, 3.63) is 59.7 Å². The second kappa shape index (κ2) is 34.8. The molecule has 6 N–H and O–H groups in total. The summed E-state index contributed by atoms with van der Waals surface area (Å²) in [6.07, 6.45) is 20.7. The summed E-state index contributed by atoms with van der Waals surface area (Å²) in [5.41, 5.74) is 13.1. The van der Waals surface area contributed by atoms with Crippen LogP contribution in [0.2, 0.25) is 0 Å². The molecular weight excluding hydrogens is 592 g/mol. The Morgan fingerprint density at radius 2 is 0.909 bits per heavy atom. The Kier molecular flexibility index (Phi) is 36.2. The van der Waals surface area contributed by atoms with Crippen LogP contribution in [0.25, 0.3) is 0 Å². The van der Waals surface area contributed by atoms with Crippen molar-refractivity contribution in [3.8, 4) is 0 Å². The molecular formula is C35H56N2O6Ti. The van der Waals surface area contributed by atoms with Gasteiger partial charge in [0.15, 0.2) is 0 Å². The van der Waals surface area contributed by atoms with E-state index in [9.17, 15) is 14.4 Å². The summed E-state index contributed by atoms with van der Waals surface area (Å²) in [5, 5.41) is 16.6. The van der Waals surface area contributed by atoms with E-state index in [2.05, 4.69) is 13.8 Å². The van der Waals surface area contributed by atoms with E-state index in [0.717, 1.165) is 39.2 Å². The van der Waals surface area contributed by atoms with Crippen LogP contribution in [-0.2, 0) is 38.1 Å². The molecule has 2 aromatic rings. The van der Waals surface area contributed by atoms with E-state index < -0.39 is 5.97 Å². The molecule has 0 atom stereocenters. The number of benzene rings is 2. The van der Waals surface area contributed by atoms with Gasteiger partial charge >= 0.3 is 29.7 Å². The van der Waals surface area contributed by atoms with Gasteiger partial charge in [-0.3, -0.25) is 4.79 Å². The van der Waals surface area contributed by atoms with Crippen LogP contribution in [0.1, 0.15) is 129 Å². The number of carboxylic acids is 1. The van der Waals surface area contributed by atoms with E-state index in [0.29, 0.717) is 28.9 Å². The van der Waals surface area contributed by atoms with Crippen molar-refractivity contribution in [1.29, 1.82) is 0 Å². The Morgan fingerprint density at radius 1 is 0.636 bits per heavy atom. The summed E-state index contributed by atoms with van der Waals surface area (Å²) < 4.78 is 8.25. The number of aliphatic carboxylic acids is 1. The third kappa shape index (κ3) is 39.3. The average Bonchev–Trinajstić information content (AvgIpc) is 2.99. The number of nitrogen functional groups attached to an aromatic ring is 2. The number of aliphatic hydroxyl groups excluding tert-OH is 1. The predicted octanol–water partition coefficient (Wildman–Crippen LogP) is 7.91. The Labute approximate surface area is 278 Å². The number of carboxylic acid groups (broad SMARTS) is 1. The van der Waals surface area contributed by atoms with Gasteiger partial charge in [-0.15, -0.1) is 0 Å². The third-order valence-corrected chi connectivity index (χ3v) is 5.98.